The number of aryl methyl sites for hydroxylation is 1. The highest BCUT2D eigenvalue weighted by molar-refractivity contribution is 7.09. The van der Waals surface area contributed by atoms with E-state index in [4.69, 9.17) is 4.74 Å². The fourth-order valence-corrected chi connectivity index (χ4v) is 6.34. The third-order valence-corrected chi connectivity index (χ3v) is 7.75. The van der Waals surface area contributed by atoms with Gasteiger partial charge in [0.25, 0.3) is 0 Å². The van der Waals surface area contributed by atoms with Crippen LogP contribution in [0.25, 0.3) is 10.9 Å². The van der Waals surface area contributed by atoms with Gasteiger partial charge in [-0.2, -0.15) is 0 Å². The molecule has 2 aromatic heterocycles. The topological polar surface area (TPSA) is 74.1 Å². The largest absolute Gasteiger partial charge is 0.497 e. The molecule has 1 aromatic carbocycles. The van der Waals surface area contributed by atoms with Crippen LogP contribution >= 0.6 is 11.3 Å². The highest BCUT2D eigenvalue weighted by Gasteiger charge is 2.54. The molecule has 1 N–H and O–H groups in total. The van der Waals surface area contributed by atoms with Crippen LogP contribution in [0, 0.1) is 0 Å². The zero-order valence-corrected chi connectivity index (χ0v) is 20.4. The number of aromatic nitrogens is 2. The molecule has 9 heteroatoms. The van der Waals surface area contributed by atoms with Crippen molar-refractivity contribution in [3.05, 3.63) is 46.0 Å². The van der Waals surface area contributed by atoms with Gasteiger partial charge in [0.2, 0.25) is 5.91 Å². The average molecular weight is 470 g/mol. The van der Waals surface area contributed by atoms with Crippen LogP contribution in [-0.2, 0) is 23.8 Å². The third-order valence-electron chi connectivity index (χ3n) is 6.99. The van der Waals surface area contributed by atoms with E-state index in [0.29, 0.717) is 13.1 Å². The number of hydrogen-bond donors (Lipinski definition) is 1. The number of benzene rings is 1. The first-order valence-electron chi connectivity index (χ1n) is 11.2. The minimum atomic E-state index is -0.366. The van der Waals surface area contributed by atoms with Crippen LogP contribution in [-0.4, -0.2) is 89.3 Å². The van der Waals surface area contributed by atoms with Crippen molar-refractivity contribution >= 4 is 28.1 Å². The summed E-state index contributed by atoms with van der Waals surface area (Å²) in [4.78, 5) is 23.9. The summed E-state index contributed by atoms with van der Waals surface area (Å²) in [6, 6.07) is 5.81. The molecule has 1 amide bonds. The Kier molecular flexibility index (Phi) is 5.68. The molecule has 1 atom stereocenters. The van der Waals surface area contributed by atoms with Gasteiger partial charge in [0.05, 0.1) is 38.4 Å². The van der Waals surface area contributed by atoms with E-state index >= 15 is 0 Å². The zero-order chi connectivity index (χ0) is 23.3. The van der Waals surface area contributed by atoms with Gasteiger partial charge in [-0.05, 0) is 31.8 Å². The smallest absolute Gasteiger partial charge is 0.237 e. The summed E-state index contributed by atoms with van der Waals surface area (Å²) in [5.41, 5.74) is 3.20. The number of rotatable bonds is 6. The Balaban J connectivity index is 1.60. The number of methoxy groups -OCH3 is 1. The normalized spacial score (nSPS) is 19.8. The first-order valence-corrected chi connectivity index (χ1v) is 12.1. The minimum Gasteiger partial charge on any atom is -0.497 e. The maximum absolute atomic E-state index is 13.3. The van der Waals surface area contributed by atoms with Crippen molar-refractivity contribution in [3.63, 3.8) is 0 Å². The number of likely N-dealkylation sites (tertiary alicyclic amines) is 1. The molecule has 8 nitrogen and oxygen atoms in total. The molecular formula is C24H31N5O3S. The van der Waals surface area contributed by atoms with Crippen molar-refractivity contribution in [2.24, 2.45) is 7.05 Å². The summed E-state index contributed by atoms with van der Waals surface area (Å²) in [5.74, 6) is 0.847. The summed E-state index contributed by atoms with van der Waals surface area (Å²) in [7, 11) is 7.51. The van der Waals surface area contributed by atoms with Crippen molar-refractivity contribution in [1.82, 2.24) is 24.3 Å². The van der Waals surface area contributed by atoms with Crippen LogP contribution < -0.4 is 4.74 Å². The maximum atomic E-state index is 13.3. The Bertz CT molecular complexity index is 1170. The Morgan fingerprint density at radius 1 is 1.33 bits per heavy atom. The molecule has 0 bridgehead atoms. The van der Waals surface area contributed by atoms with Crippen LogP contribution in [0.1, 0.15) is 22.3 Å². The number of aliphatic hydroxyl groups excluding tert-OH is 1. The molecule has 3 aromatic rings. The number of likely N-dealkylation sites (N-methyl/N-ethyl adjacent to an activating group) is 1. The highest BCUT2D eigenvalue weighted by atomic mass is 32.1. The number of amides is 1. The lowest BCUT2D eigenvalue weighted by molar-refractivity contribution is -0.139. The lowest BCUT2D eigenvalue weighted by Crippen LogP contribution is -2.67. The molecule has 176 valence electrons. The summed E-state index contributed by atoms with van der Waals surface area (Å²) >= 11 is 1.67. The van der Waals surface area contributed by atoms with Gasteiger partial charge in [-0.3, -0.25) is 9.69 Å². The van der Waals surface area contributed by atoms with Crippen molar-refractivity contribution in [3.8, 4) is 5.75 Å². The summed E-state index contributed by atoms with van der Waals surface area (Å²) in [6.07, 6.45) is 1.85. The second-order valence-electron chi connectivity index (χ2n) is 9.51. The molecule has 1 fully saturated rings. The van der Waals surface area contributed by atoms with Gasteiger partial charge < -0.3 is 24.2 Å². The molecular weight excluding hydrogens is 438 g/mol. The van der Waals surface area contributed by atoms with Gasteiger partial charge in [-0.15, -0.1) is 11.3 Å². The van der Waals surface area contributed by atoms with E-state index in [-0.39, 0.29) is 24.0 Å². The van der Waals surface area contributed by atoms with Gasteiger partial charge in [0.1, 0.15) is 10.8 Å². The van der Waals surface area contributed by atoms with Crippen molar-refractivity contribution in [1.29, 1.82) is 0 Å². The number of aliphatic hydroxyl groups is 1. The Morgan fingerprint density at radius 2 is 2.12 bits per heavy atom. The van der Waals surface area contributed by atoms with Gasteiger partial charge in [0.15, 0.2) is 0 Å². The molecule has 2 aliphatic rings. The predicted octanol–water partition coefficient (Wildman–Crippen LogP) is 1.83. The number of carbonyl (C=O) groups excluding carboxylic acids is 1. The lowest BCUT2D eigenvalue weighted by atomic mass is 9.68. The first-order chi connectivity index (χ1) is 15.9. The first kappa shape index (κ1) is 22.3. The van der Waals surface area contributed by atoms with Crippen molar-refractivity contribution < 1.29 is 14.6 Å². The van der Waals surface area contributed by atoms with Gasteiger partial charge >= 0.3 is 0 Å². The molecule has 33 heavy (non-hydrogen) atoms. The van der Waals surface area contributed by atoms with E-state index in [0.717, 1.165) is 41.6 Å². The monoisotopic (exact) mass is 469 g/mol. The van der Waals surface area contributed by atoms with Gasteiger partial charge in [-0.25, -0.2) is 4.98 Å². The van der Waals surface area contributed by atoms with Crippen LogP contribution in [0.2, 0.25) is 0 Å². The highest BCUT2D eigenvalue weighted by Crippen LogP contribution is 2.49. The van der Waals surface area contributed by atoms with Gasteiger partial charge in [0, 0.05) is 60.8 Å². The Hall–Kier alpha value is -2.46. The van der Waals surface area contributed by atoms with Crippen LogP contribution in [0.5, 0.6) is 5.75 Å². The second-order valence-corrected chi connectivity index (χ2v) is 10.5. The standard InChI is InChI=1S/C24H31N5O3S/c1-26(2)11-21(31)29-15-24(13-28(14-24)10-20-25-7-8-33-20)22-17-6-5-16(32-4)9-18(17)27(3)23(22)19(29)12-30/h5-9,19,30H,10-15H2,1-4H3/t19-/m0/s1. The van der Waals surface area contributed by atoms with E-state index in [2.05, 4.69) is 20.5 Å². The Morgan fingerprint density at radius 3 is 2.76 bits per heavy atom. The number of hydrogen-bond acceptors (Lipinski definition) is 7. The zero-order valence-electron chi connectivity index (χ0n) is 19.6. The van der Waals surface area contributed by atoms with E-state index in [9.17, 15) is 9.90 Å². The van der Waals surface area contributed by atoms with Crippen LogP contribution in [0.15, 0.2) is 29.8 Å². The summed E-state index contributed by atoms with van der Waals surface area (Å²) in [5, 5.41) is 14.8. The fraction of sp³-hybridized carbons (Fsp3) is 0.500. The number of thiazole rings is 1. The fourth-order valence-electron chi connectivity index (χ4n) is 5.68. The number of nitrogens with zero attached hydrogens (tertiary/aromatic N) is 5. The third kappa shape index (κ3) is 3.63. The Labute approximate surface area is 198 Å². The predicted molar refractivity (Wildman–Crippen MR) is 129 cm³/mol. The van der Waals surface area contributed by atoms with Gasteiger partial charge in [-0.1, -0.05) is 0 Å². The number of carbonyl (C=O) groups is 1. The SMILES string of the molecule is COc1ccc2c3c(n(C)c2c1)[C@H](CO)N(C(=O)CN(C)C)CC31CN(Cc2nccs2)C1. The molecule has 2 aliphatic heterocycles. The lowest BCUT2D eigenvalue weighted by Gasteiger charge is -2.56. The quantitative estimate of drug-likeness (QED) is 0.594. The molecule has 0 aliphatic carbocycles. The van der Waals surface area contributed by atoms with Crippen LogP contribution in [0.3, 0.4) is 0 Å². The molecule has 4 heterocycles. The van der Waals surface area contributed by atoms with Crippen molar-refractivity contribution in [2.75, 3.05) is 54.0 Å². The molecule has 0 unspecified atom stereocenters. The average Bonchev–Trinajstić information content (AvgIpc) is 3.38. The minimum absolute atomic E-state index is 0.0466. The summed E-state index contributed by atoms with van der Waals surface area (Å²) in [6.45, 7) is 3.36. The van der Waals surface area contributed by atoms with E-state index in [1.807, 2.05) is 54.7 Å². The number of fused-ring (bicyclic) bond motifs is 4. The second kappa shape index (κ2) is 8.39. The summed E-state index contributed by atoms with van der Waals surface area (Å²) < 4.78 is 7.63. The molecule has 1 saturated heterocycles. The van der Waals surface area contributed by atoms with E-state index < -0.39 is 0 Å². The van der Waals surface area contributed by atoms with E-state index in [1.165, 1.54) is 10.9 Å². The van der Waals surface area contributed by atoms with Crippen molar-refractivity contribution in [2.45, 2.75) is 18.0 Å². The van der Waals surface area contributed by atoms with E-state index in [1.54, 1.807) is 18.4 Å². The maximum Gasteiger partial charge on any atom is 0.237 e. The molecule has 0 saturated carbocycles. The molecule has 5 rings (SSSR count). The molecule has 1 spiro atoms. The van der Waals surface area contributed by atoms with Crippen LogP contribution in [0.4, 0.5) is 0 Å². The molecule has 0 radical (unpaired) electrons. The number of ether oxygens (including phenoxy) is 1.